The molecule has 3 rings (SSSR count). The molecule has 18 heavy (non-hydrogen) atoms. The summed E-state index contributed by atoms with van der Waals surface area (Å²) >= 11 is 0. The Morgan fingerprint density at radius 1 is 1.44 bits per heavy atom. The van der Waals surface area contributed by atoms with Crippen molar-refractivity contribution in [2.45, 2.75) is 43.8 Å². The van der Waals surface area contributed by atoms with Gasteiger partial charge in [-0.25, -0.2) is 0 Å². The lowest BCUT2D eigenvalue weighted by atomic mass is 9.74. The van der Waals surface area contributed by atoms with Gasteiger partial charge in [0.1, 0.15) is 11.4 Å². The van der Waals surface area contributed by atoms with Gasteiger partial charge in [0.25, 0.3) is 0 Å². The van der Waals surface area contributed by atoms with Gasteiger partial charge in [0, 0.05) is 0 Å². The summed E-state index contributed by atoms with van der Waals surface area (Å²) in [6.07, 6.45) is 3.60. The van der Waals surface area contributed by atoms with Crippen LogP contribution in [0.3, 0.4) is 0 Å². The molecule has 0 radical (unpaired) electrons. The molecule has 3 atom stereocenters. The molecule has 1 unspecified atom stereocenters. The van der Waals surface area contributed by atoms with Gasteiger partial charge in [-0.1, -0.05) is 6.07 Å². The predicted molar refractivity (Wildman–Crippen MR) is 69.0 cm³/mol. The van der Waals surface area contributed by atoms with Crippen LogP contribution >= 0.6 is 0 Å². The molecule has 98 valence electrons. The van der Waals surface area contributed by atoms with Gasteiger partial charge in [0.2, 0.25) is 0 Å². The second kappa shape index (κ2) is 4.25. The Bertz CT molecular complexity index is 457. The number of fused-ring (bicyclic) bond motifs is 1. The number of epoxide rings is 1. The van der Waals surface area contributed by atoms with E-state index in [4.69, 9.17) is 14.6 Å². The Labute approximate surface area is 108 Å². The van der Waals surface area contributed by atoms with Crippen molar-refractivity contribution in [3.63, 3.8) is 0 Å². The minimum absolute atomic E-state index is 0.135. The first kappa shape index (κ1) is 12.0. The van der Waals surface area contributed by atoms with Crippen molar-refractivity contribution < 1.29 is 14.6 Å². The number of ether oxygens (including phenoxy) is 2. The van der Waals surface area contributed by atoms with Crippen LogP contribution in [0.5, 0.6) is 5.75 Å². The molecule has 1 heterocycles. The second-order valence-electron chi connectivity index (χ2n) is 5.62. The van der Waals surface area contributed by atoms with Crippen LogP contribution < -0.4 is 4.74 Å². The first-order valence-electron chi connectivity index (χ1n) is 6.62. The van der Waals surface area contributed by atoms with Crippen molar-refractivity contribution in [1.29, 1.82) is 0 Å². The van der Waals surface area contributed by atoms with Crippen LogP contribution in [-0.4, -0.2) is 30.5 Å². The van der Waals surface area contributed by atoms with E-state index in [1.165, 1.54) is 11.1 Å². The van der Waals surface area contributed by atoms with E-state index >= 15 is 0 Å². The van der Waals surface area contributed by atoms with Gasteiger partial charge in [0.15, 0.2) is 0 Å². The maximum atomic E-state index is 9.15. The lowest BCUT2D eigenvalue weighted by Gasteiger charge is -2.30. The van der Waals surface area contributed by atoms with Gasteiger partial charge in [-0.2, -0.15) is 0 Å². The molecule has 1 saturated heterocycles. The van der Waals surface area contributed by atoms with E-state index in [1.807, 2.05) is 13.0 Å². The SMILES string of the molecule is COc1ccc2c(c1)CC2CC[C@@H]1O[C@@]1(C)CO. The Kier molecular flexibility index (Phi) is 2.83. The largest absolute Gasteiger partial charge is 0.497 e. The van der Waals surface area contributed by atoms with E-state index in [1.54, 1.807) is 7.11 Å². The minimum Gasteiger partial charge on any atom is -0.497 e. The van der Waals surface area contributed by atoms with Crippen LogP contribution in [0, 0.1) is 0 Å². The minimum atomic E-state index is -0.257. The molecule has 0 saturated carbocycles. The van der Waals surface area contributed by atoms with Gasteiger partial charge in [-0.05, 0) is 55.4 Å². The topological polar surface area (TPSA) is 42.0 Å². The van der Waals surface area contributed by atoms with Crippen molar-refractivity contribution in [1.82, 2.24) is 0 Å². The molecule has 3 nitrogen and oxygen atoms in total. The molecular formula is C15H20O3. The first-order valence-corrected chi connectivity index (χ1v) is 6.62. The summed E-state index contributed by atoms with van der Waals surface area (Å²) < 4.78 is 10.7. The highest BCUT2D eigenvalue weighted by molar-refractivity contribution is 5.44. The molecule has 3 heteroatoms. The van der Waals surface area contributed by atoms with Gasteiger partial charge < -0.3 is 14.6 Å². The Balaban J connectivity index is 1.54. The molecule has 1 N–H and O–H groups in total. The van der Waals surface area contributed by atoms with Crippen molar-refractivity contribution in [2.75, 3.05) is 13.7 Å². The zero-order valence-electron chi connectivity index (χ0n) is 11.0. The monoisotopic (exact) mass is 248 g/mol. The molecule has 2 aliphatic rings. The first-order chi connectivity index (χ1) is 8.66. The Morgan fingerprint density at radius 2 is 2.28 bits per heavy atom. The van der Waals surface area contributed by atoms with Crippen molar-refractivity contribution in [3.05, 3.63) is 29.3 Å². The summed E-state index contributed by atoms with van der Waals surface area (Å²) in [4.78, 5) is 0. The summed E-state index contributed by atoms with van der Waals surface area (Å²) in [5.74, 6) is 1.61. The fourth-order valence-corrected chi connectivity index (χ4v) is 2.93. The van der Waals surface area contributed by atoms with E-state index in [-0.39, 0.29) is 18.3 Å². The number of aliphatic hydroxyl groups is 1. The van der Waals surface area contributed by atoms with E-state index in [9.17, 15) is 0 Å². The zero-order chi connectivity index (χ0) is 12.8. The van der Waals surface area contributed by atoms with Crippen LogP contribution in [0.2, 0.25) is 0 Å². The second-order valence-corrected chi connectivity index (χ2v) is 5.62. The zero-order valence-corrected chi connectivity index (χ0v) is 11.0. The van der Waals surface area contributed by atoms with Gasteiger partial charge in [0.05, 0.1) is 19.8 Å². The maximum Gasteiger partial charge on any atom is 0.119 e. The van der Waals surface area contributed by atoms with Crippen molar-refractivity contribution in [2.24, 2.45) is 0 Å². The number of rotatable bonds is 5. The number of hydrogen-bond donors (Lipinski definition) is 1. The molecule has 0 bridgehead atoms. The predicted octanol–water partition coefficient (Wildman–Crippen LogP) is 2.26. The Hall–Kier alpha value is -1.06. The van der Waals surface area contributed by atoms with E-state index in [0.29, 0.717) is 5.92 Å². The molecule has 1 aromatic carbocycles. The smallest absolute Gasteiger partial charge is 0.119 e. The number of benzene rings is 1. The number of aliphatic hydroxyl groups excluding tert-OH is 1. The van der Waals surface area contributed by atoms with Crippen LogP contribution in [0.15, 0.2) is 18.2 Å². The van der Waals surface area contributed by atoms with E-state index in [2.05, 4.69) is 12.1 Å². The lowest BCUT2D eigenvalue weighted by Crippen LogP contribution is -2.19. The quantitative estimate of drug-likeness (QED) is 0.813. The number of hydrogen-bond acceptors (Lipinski definition) is 3. The third-order valence-corrected chi connectivity index (χ3v) is 4.38. The average Bonchev–Trinajstić information content (AvgIpc) is 3.02. The molecule has 0 amide bonds. The third-order valence-electron chi connectivity index (χ3n) is 4.38. The molecule has 1 aromatic rings. The van der Waals surface area contributed by atoms with E-state index in [0.717, 1.165) is 25.0 Å². The van der Waals surface area contributed by atoms with Crippen LogP contribution in [-0.2, 0) is 11.2 Å². The fraction of sp³-hybridized carbons (Fsp3) is 0.600. The number of methoxy groups -OCH3 is 1. The molecule has 1 aliphatic carbocycles. The standard InChI is InChI=1S/C15H20O3/c1-15(9-16)14(18-15)6-3-10-7-11-8-12(17-2)4-5-13(10)11/h4-5,8,10,14,16H,3,6-7,9H2,1-2H3/t10?,14-,15-/m0/s1. The molecule has 1 aliphatic heterocycles. The Morgan fingerprint density at radius 3 is 2.89 bits per heavy atom. The molecular weight excluding hydrogens is 228 g/mol. The molecule has 0 aromatic heterocycles. The molecule has 1 fully saturated rings. The normalized spacial score (nSPS) is 32.6. The van der Waals surface area contributed by atoms with Crippen LogP contribution in [0.25, 0.3) is 0 Å². The van der Waals surface area contributed by atoms with E-state index < -0.39 is 0 Å². The van der Waals surface area contributed by atoms with Crippen LogP contribution in [0.1, 0.15) is 36.8 Å². The average molecular weight is 248 g/mol. The van der Waals surface area contributed by atoms with Crippen molar-refractivity contribution in [3.8, 4) is 5.75 Å². The highest BCUT2D eigenvalue weighted by Crippen LogP contribution is 2.44. The highest BCUT2D eigenvalue weighted by atomic mass is 16.6. The molecule has 0 spiro atoms. The third kappa shape index (κ3) is 1.91. The fourth-order valence-electron chi connectivity index (χ4n) is 2.93. The van der Waals surface area contributed by atoms with Gasteiger partial charge in [-0.15, -0.1) is 0 Å². The summed E-state index contributed by atoms with van der Waals surface area (Å²) in [5.41, 5.74) is 2.62. The summed E-state index contributed by atoms with van der Waals surface area (Å²) in [7, 11) is 1.71. The van der Waals surface area contributed by atoms with Crippen molar-refractivity contribution >= 4 is 0 Å². The maximum absolute atomic E-state index is 9.15. The van der Waals surface area contributed by atoms with Crippen LogP contribution in [0.4, 0.5) is 0 Å². The summed E-state index contributed by atoms with van der Waals surface area (Å²) in [6, 6.07) is 6.36. The van der Waals surface area contributed by atoms with Gasteiger partial charge >= 0.3 is 0 Å². The highest BCUT2D eigenvalue weighted by Gasteiger charge is 2.51. The summed E-state index contributed by atoms with van der Waals surface area (Å²) in [6.45, 7) is 2.12. The lowest BCUT2D eigenvalue weighted by molar-refractivity contribution is 0.184. The van der Waals surface area contributed by atoms with Gasteiger partial charge in [-0.3, -0.25) is 0 Å². The summed E-state index contributed by atoms with van der Waals surface area (Å²) in [5, 5.41) is 9.15.